The average Bonchev–Trinajstić information content (AvgIpc) is 3.03. The molecule has 1 heterocycles. The van der Waals surface area contributed by atoms with Crippen molar-refractivity contribution in [2.75, 3.05) is 19.1 Å². The van der Waals surface area contributed by atoms with Gasteiger partial charge in [-0.15, -0.1) is 11.3 Å². The summed E-state index contributed by atoms with van der Waals surface area (Å²) in [4.78, 5) is 15.5. The van der Waals surface area contributed by atoms with Gasteiger partial charge < -0.3 is 4.90 Å². The Morgan fingerprint density at radius 2 is 1.93 bits per heavy atom. The highest BCUT2D eigenvalue weighted by atomic mass is 35.5. The van der Waals surface area contributed by atoms with Gasteiger partial charge in [0.25, 0.3) is 0 Å². The Morgan fingerprint density at radius 1 is 1.26 bits per heavy atom. The summed E-state index contributed by atoms with van der Waals surface area (Å²) in [6.07, 6.45) is 2.34. The van der Waals surface area contributed by atoms with Crippen LogP contribution in [0.5, 0.6) is 0 Å². The third-order valence-corrected chi connectivity index (χ3v) is 7.28. The second-order valence-corrected chi connectivity index (χ2v) is 10.7. The quantitative estimate of drug-likeness (QED) is 0.636. The zero-order valence-corrected chi connectivity index (χ0v) is 18.6. The zero-order valence-electron chi connectivity index (χ0n) is 15.4. The molecule has 0 spiro atoms. The first-order valence-corrected chi connectivity index (χ1v) is 12.4. The van der Waals surface area contributed by atoms with E-state index in [9.17, 15) is 13.2 Å². The first kappa shape index (κ1) is 22.2. The van der Waals surface area contributed by atoms with Crippen LogP contribution in [0.1, 0.15) is 16.9 Å². The fourth-order valence-corrected chi connectivity index (χ4v) is 5.29. The molecule has 5 nitrogen and oxygen atoms in total. The molecule has 1 unspecified atom stereocenters. The average molecular weight is 447 g/mol. The minimum absolute atomic E-state index is 0.155. The maximum Gasteiger partial charge on any atom is 0.241 e. The van der Waals surface area contributed by atoms with E-state index in [1.807, 2.05) is 19.2 Å². The lowest BCUT2D eigenvalue weighted by molar-refractivity contribution is -0.132. The van der Waals surface area contributed by atoms with Crippen LogP contribution in [0.2, 0.25) is 4.34 Å². The Bertz CT molecular complexity index is 866. The van der Waals surface area contributed by atoms with Crippen molar-refractivity contribution in [1.29, 1.82) is 0 Å². The number of rotatable bonds is 9. The van der Waals surface area contributed by atoms with Crippen molar-refractivity contribution in [1.82, 2.24) is 9.62 Å². The van der Waals surface area contributed by atoms with Gasteiger partial charge in [-0.2, -0.15) is 16.5 Å². The van der Waals surface area contributed by atoms with E-state index in [0.29, 0.717) is 23.1 Å². The van der Waals surface area contributed by atoms with Crippen LogP contribution in [-0.2, 0) is 21.4 Å². The van der Waals surface area contributed by atoms with Gasteiger partial charge >= 0.3 is 0 Å². The van der Waals surface area contributed by atoms with E-state index in [4.69, 9.17) is 11.6 Å². The SMILES string of the molecule is CSCCC(NS(=O)(=O)c1ccc(C)cc1)C(=O)N(C)Cc1ccc(Cl)s1. The minimum atomic E-state index is -3.78. The Balaban J connectivity index is 2.15. The molecule has 2 rings (SSSR count). The fraction of sp³-hybridized carbons (Fsp3) is 0.389. The molecule has 9 heteroatoms. The highest BCUT2D eigenvalue weighted by Crippen LogP contribution is 2.23. The summed E-state index contributed by atoms with van der Waals surface area (Å²) in [5.41, 5.74) is 0.971. The molecule has 1 aromatic carbocycles. The summed E-state index contributed by atoms with van der Waals surface area (Å²) in [6, 6.07) is 9.40. The molecule has 0 radical (unpaired) electrons. The number of thioether (sulfide) groups is 1. The highest BCUT2D eigenvalue weighted by Gasteiger charge is 2.27. The van der Waals surface area contributed by atoms with E-state index in [-0.39, 0.29) is 10.8 Å². The van der Waals surface area contributed by atoms with Crippen molar-refractivity contribution in [3.05, 3.63) is 51.2 Å². The van der Waals surface area contributed by atoms with Crippen LogP contribution in [0.25, 0.3) is 0 Å². The molecule has 1 atom stereocenters. The van der Waals surface area contributed by atoms with Gasteiger partial charge in [-0.3, -0.25) is 4.79 Å². The molecule has 0 bridgehead atoms. The second kappa shape index (κ2) is 9.93. The van der Waals surface area contributed by atoms with Crippen molar-refractivity contribution < 1.29 is 13.2 Å². The molecule has 27 heavy (non-hydrogen) atoms. The van der Waals surface area contributed by atoms with Crippen LogP contribution < -0.4 is 4.72 Å². The van der Waals surface area contributed by atoms with Gasteiger partial charge in [-0.25, -0.2) is 8.42 Å². The number of aryl methyl sites for hydroxylation is 1. The lowest BCUT2D eigenvalue weighted by atomic mass is 10.2. The molecule has 1 amide bonds. The summed E-state index contributed by atoms with van der Waals surface area (Å²) in [6.45, 7) is 2.28. The Morgan fingerprint density at radius 3 is 2.48 bits per heavy atom. The van der Waals surface area contributed by atoms with Crippen molar-refractivity contribution >= 4 is 50.6 Å². The Labute approximate surface area is 174 Å². The molecule has 148 valence electrons. The summed E-state index contributed by atoms with van der Waals surface area (Å²) in [5, 5.41) is 0. The number of halogens is 1. The van der Waals surface area contributed by atoms with Crippen LogP contribution in [-0.4, -0.2) is 44.3 Å². The van der Waals surface area contributed by atoms with E-state index in [1.54, 1.807) is 49.1 Å². The molecule has 0 saturated carbocycles. The zero-order chi connectivity index (χ0) is 20.0. The van der Waals surface area contributed by atoms with Crippen molar-refractivity contribution in [3.63, 3.8) is 0 Å². The first-order chi connectivity index (χ1) is 12.7. The number of benzene rings is 1. The topological polar surface area (TPSA) is 66.5 Å². The number of carbonyl (C=O) groups is 1. The molecule has 0 aliphatic rings. The third kappa shape index (κ3) is 6.50. The number of thiophene rings is 1. The monoisotopic (exact) mass is 446 g/mol. The van der Waals surface area contributed by atoms with Crippen LogP contribution in [0.4, 0.5) is 0 Å². The van der Waals surface area contributed by atoms with E-state index in [0.717, 1.165) is 10.4 Å². The van der Waals surface area contributed by atoms with Gasteiger partial charge in [0.1, 0.15) is 6.04 Å². The van der Waals surface area contributed by atoms with Gasteiger partial charge in [0.15, 0.2) is 0 Å². The molecule has 1 aromatic heterocycles. The lowest BCUT2D eigenvalue weighted by Gasteiger charge is -2.24. The summed E-state index contributed by atoms with van der Waals surface area (Å²) in [5.74, 6) is 0.412. The minimum Gasteiger partial charge on any atom is -0.339 e. The van der Waals surface area contributed by atoms with E-state index in [2.05, 4.69) is 4.72 Å². The number of nitrogens with one attached hydrogen (secondary N) is 1. The van der Waals surface area contributed by atoms with E-state index >= 15 is 0 Å². The van der Waals surface area contributed by atoms with Crippen molar-refractivity contribution in [2.45, 2.75) is 30.8 Å². The normalized spacial score (nSPS) is 12.7. The molecular weight excluding hydrogens is 424 g/mol. The number of amides is 1. The third-order valence-electron chi connectivity index (χ3n) is 3.94. The predicted molar refractivity (Wildman–Crippen MR) is 114 cm³/mol. The largest absolute Gasteiger partial charge is 0.339 e. The highest BCUT2D eigenvalue weighted by molar-refractivity contribution is 7.98. The second-order valence-electron chi connectivity index (χ2n) is 6.17. The summed E-state index contributed by atoms with van der Waals surface area (Å²) in [7, 11) is -2.11. The number of nitrogens with zero attached hydrogens (tertiary/aromatic N) is 1. The number of hydrogen-bond donors (Lipinski definition) is 1. The molecule has 0 fully saturated rings. The standard InChI is InChI=1S/C18H23ClN2O3S3/c1-13-4-7-15(8-5-13)27(23,24)20-16(10-11-25-3)18(22)21(2)12-14-6-9-17(19)26-14/h4-9,16,20H,10-12H2,1-3H3. The molecule has 0 aliphatic carbocycles. The fourth-order valence-electron chi connectivity index (χ4n) is 2.46. The number of carbonyl (C=O) groups excluding carboxylic acids is 1. The van der Waals surface area contributed by atoms with Gasteiger partial charge in [-0.05, 0) is 49.6 Å². The van der Waals surface area contributed by atoms with Gasteiger partial charge in [0, 0.05) is 11.9 Å². The molecule has 1 N–H and O–H groups in total. The predicted octanol–water partition coefficient (Wildman–Crippen LogP) is 3.77. The van der Waals surface area contributed by atoms with Gasteiger partial charge in [-0.1, -0.05) is 29.3 Å². The molecule has 0 aliphatic heterocycles. The summed E-state index contributed by atoms with van der Waals surface area (Å²) < 4.78 is 28.6. The smallest absolute Gasteiger partial charge is 0.241 e. The number of sulfonamides is 1. The number of hydrogen-bond acceptors (Lipinski definition) is 5. The molecule has 0 saturated heterocycles. The molecule has 2 aromatic rings. The van der Waals surface area contributed by atoms with Crippen LogP contribution in [0.3, 0.4) is 0 Å². The van der Waals surface area contributed by atoms with Gasteiger partial charge in [0.05, 0.1) is 15.8 Å². The van der Waals surface area contributed by atoms with Crippen molar-refractivity contribution in [3.8, 4) is 0 Å². The van der Waals surface area contributed by atoms with Crippen molar-refractivity contribution in [2.24, 2.45) is 0 Å². The lowest BCUT2D eigenvalue weighted by Crippen LogP contribution is -2.47. The van der Waals surface area contributed by atoms with Gasteiger partial charge in [0.2, 0.25) is 15.9 Å². The molecular formula is C18H23ClN2O3S3. The number of likely N-dealkylation sites (N-methyl/N-ethyl adjacent to an activating group) is 1. The van der Waals surface area contributed by atoms with E-state index < -0.39 is 16.1 Å². The van der Waals surface area contributed by atoms with Crippen LogP contribution in [0.15, 0.2) is 41.3 Å². The first-order valence-electron chi connectivity index (χ1n) is 8.30. The van der Waals surface area contributed by atoms with E-state index in [1.165, 1.54) is 16.2 Å². The maximum atomic E-state index is 12.9. The Hall–Kier alpha value is -1.06. The van der Waals surface area contributed by atoms with Crippen LogP contribution in [0, 0.1) is 6.92 Å². The summed E-state index contributed by atoms with van der Waals surface area (Å²) >= 11 is 8.91. The Kier molecular flexibility index (Phi) is 8.18. The van der Waals surface area contributed by atoms with Crippen LogP contribution >= 0.6 is 34.7 Å². The maximum absolute atomic E-state index is 12.9.